The molecule has 0 bridgehead atoms. The molecule has 6 nitrogen and oxygen atoms in total. The van der Waals surface area contributed by atoms with E-state index in [1.807, 2.05) is 31.4 Å². The van der Waals surface area contributed by atoms with E-state index in [2.05, 4.69) is 20.3 Å². The molecule has 0 atom stereocenters. The SMILES string of the molecule is CSCc1nc(C(=O)Nc2nc3c(C)cccc3s2)cc(=O)[nH]1. The van der Waals surface area contributed by atoms with Crippen molar-refractivity contribution in [2.45, 2.75) is 12.7 Å². The van der Waals surface area contributed by atoms with E-state index < -0.39 is 5.91 Å². The van der Waals surface area contributed by atoms with Crippen molar-refractivity contribution in [3.05, 3.63) is 51.7 Å². The van der Waals surface area contributed by atoms with Crippen molar-refractivity contribution < 1.29 is 4.79 Å². The molecule has 0 saturated heterocycles. The Morgan fingerprint density at radius 2 is 2.22 bits per heavy atom. The Morgan fingerprint density at radius 3 is 2.96 bits per heavy atom. The zero-order valence-corrected chi connectivity index (χ0v) is 14.2. The Hall–Kier alpha value is -2.19. The van der Waals surface area contributed by atoms with Gasteiger partial charge in [0.2, 0.25) is 0 Å². The molecule has 0 aliphatic rings. The Balaban J connectivity index is 1.88. The van der Waals surface area contributed by atoms with Crippen LogP contribution in [-0.4, -0.2) is 27.1 Å². The highest BCUT2D eigenvalue weighted by Crippen LogP contribution is 2.28. The molecule has 0 aliphatic carbocycles. The maximum absolute atomic E-state index is 12.3. The predicted molar refractivity (Wildman–Crippen MR) is 94.4 cm³/mol. The number of hydrogen-bond donors (Lipinski definition) is 2. The largest absolute Gasteiger partial charge is 0.310 e. The lowest BCUT2D eigenvalue weighted by Crippen LogP contribution is -2.20. The summed E-state index contributed by atoms with van der Waals surface area (Å²) in [6, 6.07) is 7.07. The molecule has 2 heterocycles. The highest BCUT2D eigenvalue weighted by atomic mass is 32.2. The maximum atomic E-state index is 12.3. The van der Waals surface area contributed by atoms with Gasteiger partial charge in [-0.3, -0.25) is 14.9 Å². The first kappa shape index (κ1) is 15.7. The molecule has 23 heavy (non-hydrogen) atoms. The van der Waals surface area contributed by atoms with E-state index in [1.165, 1.54) is 29.2 Å². The molecule has 1 amide bonds. The Morgan fingerprint density at radius 1 is 1.39 bits per heavy atom. The molecular formula is C15H14N4O2S2. The average Bonchev–Trinajstić information content (AvgIpc) is 2.91. The van der Waals surface area contributed by atoms with Crippen LogP contribution in [0.1, 0.15) is 21.9 Å². The van der Waals surface area contributed by atoms with Crippen LogP contribution < -0.4 is 10.9 Å². The normalized spacial score (nSPS) is 10.9. The number of thioether (sulfide) groups is 1. The quantitative estimate of drug-likeness (QED) is 0.758. The fourth-order valence-electron chi connectivity index (χ4n) is 2.13. The van der Waals surface area contributed by atoms with Gasteiger partial charge in [0.15, 0.2) is 5.13 Å². The number of aromatic amines is 1. The van der Waals surface area contributed by atoms with Gasteiger partial charge < -0.3 is 4.98 Å². The zero-order chi connectivity index (χ0) is 16.4. The van der Waals surface area contributed by atoms with Crippen molar-refractivity contribution in [1.29, 1.82) is 0 Å². The highest BCUT2D eigenvalue weighted by Gasteiger charge is 2.13. The van der Waals surface area contributed by atoms with Crippen LogP contribution in [0.15, 0.2) is 29.1 Å². The zero-order valence-electron chi connectivity index (χ0n) is 12.5. The number of rotatable bonds is 4. The summed E-state index contributed by atoms with van der Waals surface area (Å²) in [5.41, 5.74) is 1.67. The summed E-state index contributed by atoms with van der Waals surface area (Å²) in [4.78, 5) is 35.2. The van der Waals surface area contributed by atoms with E-state index in [1.54, 1.807) is 0 Å². The van der Waals surface area contributed by atoms with Crippen LogP contribution >= 0.6 is 23.1 Å². The summed E-state index contributed by atoms with van der Waals surface area (Å²) in [5, 5.41) is 3.21. The number of carbonyl (C=O) groups is 1. The van der Waals surface area contributed by atoms with E-state index >= 15 is 0 Å². The Kier molecular flexibility index (Phi) is 4.44. The third-order valence-corrected chi connectivity index (χ3v) is 4.64. The van der Waals surface area contributed by atoms with Crippen molar-refractivity contribution in [3.8, 4) is 0 Å². The van der Waals surface area contributed by atoms with E-state index in [-0.39, 0.29) is 11.3 Å². The summed E-state index contributed by atoms with van der Waals surface area (Å²) in [7, 11) is 0. The van der Waals surface area contributed by atoms with Gasteiger partial charge in [0.1, 0.15) is 11.5 Å². The second-order valence-corrected chi connectivity index (χ2v) is 6.80. The van der Waals surface area contributed by atoms with Crippen LogP contribution in [0.5, 0.6) is 0 Å². The summed E-state index contributed by atoms with van der Waals surface area (Å²) >= 11 is 2.91. The summed E-state index contributed by atoms with van der Waals surface area (Å²) in [6.45, 7) is 1.97. The standard InChI is InChI=1S/C15H14N4O2S2/c1-8-4-3-5-10-13(8)18-15(23-10)19-14(21)9-6-12(20)17-11(16-9)7-22-2/h3-6H,7H2,1-2H3,(H,16,17,20)(H,18,19,21). The minimum absolute atomic E-state index is 0.0915. The molecule has 0 unspecified atom stereocenters. The molecule has 1 aromatic carbocycles. The van der Waals surface area contributed by atoms with Crippen LogP contribution in [0.3, 0.4) is 0 Å². The number of aromatic nitrogens is 3. The Labute approximate surface area is 140 Å². The number of aryl methyl sites for hydroxylation is 1. The molecule has 2 aromatic heterocycles. The second kappa shape index (κ2) is 6.51. The van der Waals surface area contributed by atoms with Crippen LogP contribution in [0, 0.1) is 6.92 Å². The molecule has 3 aromatic rings. The molecule has 0 radical (unpaired) electrons. The first-order chi connectivity index (χ1) is 11.1. The Bertz CT molecular complexity index is 933. The lowest BCUT2D eigenvalue weighted by Gasteiger charge is -2.03. The van der Waals surface area contributed by atoms with Gasteiger partial charge in [-0.2, -0.15) is 11.8 Å². The molecule has 2 N–H and O–H groups in total. The molecule has 8 heteroatoms. The van der Waals surface area contributed by atoms with Gasteiger partial charge in [-0.15, -0.1) is 0 Å². The number of nitrogens with zero attached hydrogens (tertiary/aromatic N) is 2. The summed E-state index contributed by atoms with van der Waals surface area (Å²) < 4.78 is 1.00. The first-order valence-corrected chi connectivity index (χ1v) is 9.04. The molecule has 118 valence electrons. The van der Waals surface area contributed by atoms with E-state index in [0.29, 0.717) is 16.7 Å². The van der Waals surface area contributed by atoms with Crippen molar-refractivity contribution in [2.75, 3.05) is 11.6 Å². The minimum atomic E-state index is -0.435. The number of nitrogens with one attached hydrogen (secondary N) is 2. The van der Waals surface area contributed by atoms with Crippen LogP contribution in [0.2, 0.25) is 0 Å². The van der Waals surface area contributed by atoms with Gasteiger partial charge >= 0.3 is 0 Å². The fourth-order valence-corrected chi connectivity index (χ4v) is 3.48. The molecule has 3 rings (SSSR count). The van der Waals surface area contributed by atoms with E-state index in [4.69, 9.17) is 0 Å². The number of amides is 1. The van der Waals surface area contributed by atoms with Crippen LogP contribution in [-0.2, 0) is 5.75 Å². The topological polar surface area (TPSA) is 87.7 Å². The fraction of sp³-hybridized carbons (Fsp3) is 0.200. The maximum Gasteiger partial charge on any atom is 0.276 e. The monoisotopic (exact) mass is 346 g/mol. The number of fused-ring (bicyclic) bond motifs is 1. The van der Waals surface area contributed by atoms with Gasteiger partial charge in [-0.25, -0.2) is 9.97 Å². The molecule has 0 fully saturated rings. The van der Waals surface area contributed by atoms with E-state index in [9.17, 15) is 9.59 Å². The molecule has 0 saturated carbocycles. The predicted octanol–water partition coefficient (Wildman–Crippen LogP) is 2.80. The average molecular weight is 346 g/mol. The summed E-state index contributed by atoms with van der Waals surface area (Å²) in [5.74, 6) is 0.585. The van der Waals surface area contributed by atoms with Gasteiger partial charge in [0.25, 0.3) is 11.5 Å². The van der Waals surface area contributed by atoms with Gasteiger partial charge in [0, 0.05) is 6.07 Å². The second-order valence-electron chi connectivity index (χ2n) is 4.91. The molecule has 0 aliphatic heterocycles. The number of thiazole rings is 1. The smallest absolute Gasteiger partial charge is 0.276 e. The molecular weight excluding hydrogens is 332 g/mol. The lowest BCUT2D eigenvalue weighted by molar-refractivity contribution is 0.102. The van der Waals surface area contributed by atoms with Crippen molar-refractivity contribution in [2.24, 2.45) is 0 Å². The van der Waals surface area contributed by atoms with Gasteiger partial charge in [-0.1, -0.05) is 23.5 Å². The minimum Gasteiger partial charge on any atom is -0.310 e. The lowest BCUT2D eigenvalue weighted by atomic mass is 10.2. The van der Waals surface area contributed by atoms with Crippen molar-refractivity contribution in [1.82, 2.24) is 15.0 Å². The third-order valence-electron chi connectivity index (χ3n) is 3.15. The number of H-pyrrole nitrogens is 1. The first-order valence-electron chi connectivity index (χ1n) is 6.83. The van der Waals surface area contributed by atoms with Crippen molar-refractivity contribution >= 4 is 44.4 Å². The van der Waals surface area contributed by atoms with E-state index in [0.717, 1.165) is 15.8 Å². The number of carbonyl (C=O) groups excluding carboxylic acids is 1. The number of benzene rings is 1. The number of hydrogen-bond acceptors (Lipinski definition) is 6. The highest BCUT2D eigenvalue weighted by molar-refractivity contribution is 7.97. The molecule has 0 spiro atoms. The third kappa shape index (κ3) is 3.43. The summed E-state index contributed by atoms with van der Waals surface area (Å²) in [6.07, 6.45) is 1.90. The van der Waals surface area contributed by atoms with Gasteiger partial charge in [0.05, 0.1) is 16.0 Å². The number of para-hydroxylation sites is 1. The number of anilines is 1. The van der Waals surface area contributed by atoms with Crippen LogP contribution in [0.25, 0.3) is 10.2 Å². The van der Waals surface area contributed by atoms with Gasteiger partial charge in [-0.05, 0) is 24.8 Å². The van der Waals surface area contributed by atoms with Crippen molar-refractivity contribution in [3.63, 3.8) is 0 Å². The van der Waals surface area contributed by atoms with Crippen LogP contribution in [0.4, 0.5) is 5.13 Å².